The van der Waals surface area contributed by atoms with E-state index < -0.39 is 21.8 Å². The van der Waals surface area contributed by atoms with Crippen LogP contribution in [0.4, 0.5) is 0 Å². The van der Waals surface area contributed by atoms with Crippen LogP contribution in [-0.4, -0.2) is 34.6 Å². The minimum Gasteiger partial charge on any atom is -0.497 e. The maximum Gasteiger partial charge on any atom is 0.343 e. The summed E-state index contributed by atoms with van der Waals surface area (Å²) < 4.78 is 47.8. The van der Waals surface area contributed by atoms with E-state index in [0.29, 0.717) is 33.8 Å². The van der Waals surface area contributed by atoms with E-state index in [-0.39, 0.29) is 21.3 Å². The lowest BCUT2D eigenvalue weighted by molar-refractivity contribution is 0.0724. The fraction of sp³-hybridized carbons (Fsp3) is 0.133. The van der Waals surface area contributed by atoms with Crippen molar-refractivity contribution in [1.82, 2.24) is 0 Å². The molecule has 0 aliphatic rings. The van der Waals surface area contributed by atoms with E-state index in [1.54, 1.807) is 62.4 Å². The molecule has 0 aliphatic heterocycles. The molecule has 0 spiro atoms. The molecule has 0 atom stereocenters. The van der Waals surface area contributed by atoms with Crippen LogP contribution in [0.15, 0.2) is 94.7 Å². The standard InChI is InChI=1S/C30H26O8S/c1-19-17-25(13-15-27(19)37-29(31)21-5-9-23(35-3)10-6-21)39(33,34)26-14-16-28(20(2)18-26)38-30(32)22-7-11-24(36-4)12-8-22/h5-18H,1-4H3. The van der Waals surface area contributed by atoms with Gasteiger partial charge < -0.3 is 18.9 Å². The molecule has 9 heteroatoms. The minimum atomic E-state index is -3.90. The Labute approximate surface area is 226 Å². The van der Waals surface area contributed by atoms with Crippen molar-refractivity contribution in [3.8, 4) is 23.0 Å². The number of rotatable bonds is 8. The summed E-state index contributed by atoms with van der Waals surface area (Å²) in [5, 5.41) is 0. The van der Waals surface area contributed by atoms with Crippen LogP contribution in [0.1, 0.15) is 31.8 Å². The number of methoxy groups -OCH3 is 2. The first-order valence-corrected chi connectivity index (χ1v) is 13.3. The summed E-state index contributed by atoms with van der Waals surface area (Å²) in [4.78, 5) is 25.1. The zero-order valence-electron chi connectivity index (χ0n) is 21.8. The summed E-state index contributed by atoms with van der Waals surface area (Å²) in [7, 11) is -0.846. The molecule has 0 amide bonds. The van der Waals surface area contributed by atoms with E-state index in [0.717, 1.165) is 0 Å². The van der Waals surface area contributed by atoms with Gasteiger partial charge in [0.15, 0.2) is 0 Å². The van der Waals surface area contributed by atoms with Crippen molar-refractivity contribution < 1.29 is 37.0 Å². The van der Waals surface area contributed by atoms with Crippen LogP contribution in [0.3, 0.4) is 0 Å². The van der Waals surface area contributed by atoms with Crippen LogP contribution in [0.2, 0.25) is 0 Å². The molecule has 0 bridgehead atoms. The highest BCUT2D eigenvalue weighted by molar-refractivity contribution is 7.91. The highest BCUT2D eigenvalue weighted by Crippen LogP contribution is 2.30. The third-order valence-corrected chi connectivity index (χ3v) is 7.72. The molecule has 0 saturated carbocycles. The topological polar surface area (TPSA) is 105 Å². The maximum atomic E-state index is 13.3. The molecule has 0 N–H and O–H groups in total. The van der Waals surface area contributed by atoms with Crippen LogP contribution in [0, 0.1) is 13.8 Å². The second-order valence-electron chi connectivity index (χ2n) is 8.59. The molecular formula is C30H26O8S. The number of hydrogen-bond donors (Lipinski definition) is 0. The van der Waals surface area contributed by atoms with Crippen LogP contribution < -0.4 is 18.9 Å². The molecule has 0 aromatic heterocycles. The highest BCUT2D eigenvalue weighted by Gasteiger charge is 2.21. The van der Waals surface area contributed by atoms with Crippen LogP contribution >= 0.6 is 0 Å². The number of aryl methyl sites for hydroxylation is 2. The Balaban J connectivity index is 1.50. The van der Waals surface area contributed by atoms with Gasteiger partial charge >= 0.3 is 11.9 Å². The Morgan fingerprint density at radius 1 is 0.564 bits per heavy atom. The zero-order chi connectivity index (χ0) is 28.2. The highest BCUT2D eigenvalue weighted by atomic mass is 32.2. The lowest BCUT2D eigenvalue weighted by Crippen LogP contribution is -2.10. The van der Waals surface area contributed by atoms with Gasteiger partial charge in [-0.1, -0.05) is 0 Å². The van der Waals surface area contributed by atoms with Gasteiger partial charge in [0.05, 0.1) is 35.1 Å². The van der Waals surface area contributed by atoms with E-state index in [9.17, 15) is 18.0 Å². The van der Waals surface area contributed by atoms with Gasteiger partial charge in [0.25, 0.3) is 0 Å². The predicted octanol–water partition coefficient (Wildman–Crippen LogP) is 5.59. The molecule has 200 valence electrons. The van der Waals surface area contributed by atoms with Gasteiger partial charge in [-0.3, -0.25) is 0 Å². The Hall–Kier alpha value is -4.63. The second kappa shape index (κ2) is 11.4. The average molecular weight is 547 g/mol. The van der Waals surface area contributed by atoms with Crippen molar-refractivity contribution in [3.05, 3.63) is 107 Å². The van der Waals surface area contributed by atoms with Gasteiger partial charge in [0.1, 0.15) is 23.0 Å². The van der Waals surface area contributed by atoms with Crippen molar-refractivity contribution in [1.29, 1.82) is 0 Å². The first-order valence-electron chi connectivity index (χ1n) is 11.8. The van der Waals surface area contributed by atoms with Gasteiger partial charge in [0, 0.05) is 0 Å². The van der Waals surface area contributed by atoms with Gasteiger partial charge in [-0.2, -0.15) is 0 Å². The average Bonchev–Trinajstić information content (AvgIpc) is 2.95. The Bertz CT molecular complexity index is 1510. The molecule has 0 saturated heterocycles. The van der Waals surface area contributed by atoms with E-state index in [1.165, 1.54) is 50.6 Å². The Morgan fingerprint density at radius 2 is 0.923 bits per heavy atom. The number of sulfone groups is 1. The van der Waals surface area contributed by atoms with Gasteiger partial charge in [0.2, 0.25) is 9.84 Å². The summed E-state index contributed by atoms with van der Waals surface area (Å²) in [6, 6.07) is 21.4. The van der Waals surface area contributed by atoms with E-state index in [4.69, 9.17) is 18.9 Å². The Morgan fingerprint density at radius 3 is 1.23 bits per heavy atom. The molecule has 0 radical (unpaired) electrons. The molecule has 8 nitrogen and oxygen atoms in total. The number of carbonyl (C=O) groups is 2. The fourth-order valence-corrected chi connectivity index (χ4v) is 5.15. The summed E-state index contributed by atoms with van der Waals surface area (Å²) in [5.41, 5.74) is 1.60. The maximum absolute atomic E-state index is 13.3. The van der Waals surface area contributed by atoms with Crippen molar-refractivity contribution in [3.63, 3.8) is 0 Å². The zero-order valence-corrected chi connectivity index (χ0v) is 22.6. The smallest absolute Gasteiger partial charge is 0.343 e. The molecule has 0 fully saturated rings. The minimum absolute atomic E-state index is 0.0339. The van der Waals surface area contributed by atoms with E-state index in [1.807, 2.05) is 0 Å². The normalized spacial score (nSPS) is 11.0. The summed E-state index contributed by atoms with van der Waals surface area (Å²) >= 11 is 0. The summed E-state index contributed by atoms with van der Waals surface area (Å²) in [5.74, 6) is 0.545. The lowest BCUT2D eigenvalue weighted by Gasteiger charge is -2.12. The van der Waals surface area contributed by atoms with Crippen LogP contribution in [-0.2, 0) is 9.84 Å². The quantitative estimate of drug-likeness (QED) is 0.208. The molecule has 39 heavy (non-hydrogen) atoms. The van der Waals surface area contributed by atoms with Crippen molar-refractivity contribution >= 4 is 21.8 Å². The SMILES string of the molecule is COc1ccc(C(=O)Oc2ccc(S(=O)(=O)c3ccc(OC(=O)c4ccc(OC)cc4)c(C)c3)cc2C)cc1. The molecule has 0 unspecified atom stereocenters. The molecule has 0 heterocycles. The summed E-state index contributed by atoms with van der Waals surface area (Å²) in [6.07, 6.45) is 0. The first kappa shape index (κ1) is 27.4. The molecule has 0 aliphatic carbocycles. The van der Waals surface area contributed by atoms with Gasteiger partial charge in [-0.25, -0.2) is 18.0 Å². The molecule has 4 aromatic rings. The number of carbonyl (C=O) groups excluding carboxylic acids is 2. The molecule has 4 aromatic carbocycles. The van der Waals surface area contributed by atoms with Crippen molar-refractivity contribution in [2.45, 2.75) is 23.6 Å². The predicted molar refractivity (Wildman–Crippen MR) is 144 cm³/mol. The van der Waals surface area contributed by atoms with Crippen molar-refractivity contribution in [2.24, 2.45) is 0 Å². The van der Waals surface area contributed by atoms with E-state index >= 15 is 0 Å². The van der Waals surface area contributed by atoms with Crippen LogP contribution in [0.25, 0.3) is 0 Å². The van der Waals surface area contributed by atoms with Gasteiger partial charge in [-0.05, 0) is 110 Å². The van der Waals surface area contributed by atoms with Crippen LogP contribution in [0.5, 0.6) is 23.0 Å². The summed E-state index contributed by atoms with van der Waals surface area (Å²) in [6.45, 7) is 3.31. The third-order valence-electron chi connectivity index (χ3n) is 5.97. The Kier molecular flexibility index (Phi) is 8.01. The second-order valence-corrected chi connectivity index (χ2v) is 10.5. The molecular weight excluding hydrogens is 520 g/mol. The largest absolute Gasteiger partial charge is 0.497 e. The van der Waals surface area contributed by atoms with Crippen molar-refractivity contribution in [2.75, 3.05) is 14.2 Å². The number of esters is 2. The molecule has 4 rings (SSSR count). The first-order chi connectivity index (χ1) is 18.6. The fourth-order valence-electron chi connectivity index (χ4n) is 3.71. The monoisotopic (exact) mass is 546 g/mol. The number of hydrogen-bond acceptors (Lipinski definition) is 8. The third kappa shape index (κ3) is 6.10. The van der Waals surface area contributed by atoms with Gasteiger partial charge in [-0.15, -0.1) is 0 Å². The van der Waals surface area contributed by atoms with E-state index in [2.05, 4.69) is 0 Å². The number of ether oxygens (including phenoxy) is 4. The lowest BCUT2D eigenvalue weighted by atomic mass is 10.2. The number of benzene rings is 4.